The molecular formula is C13H20N2OS. The molecule has 0 aromatic carbocycles. The Kier molecular flexibility index (Phi) is 4.15. The van der Waals surface area contributed by atoms with Gasteiger partial charge in [-0.25, -0.2) is 4.98 Å². The molecule has 1 aromatic heterocycles. The molecule has 0 saturated carbocycles. The predicted molar refractivity (Wildman–Crippen MR) is 70.2 cm³/mol. The molecule has 1 aromatic rings. The Morgan fingerprint density at radius 3 is 2.94 bits per heavy atom. The van der Waals surface area contributed by atoms with Crippen molar-refractivity contribution in [2.75, 3.05) is 13.1 Å². The van der Waals surface area contributed by atoms with Gasteiger partial charge in [-0.3, -0.25) is 4.79 Å². The summed E-state index contributed by atoms with van der Waals surface area (Å²) in [6.45, 7) is 6.34. The van der Waals surface area contributed by atoms with Gasteiger partial charge in [-0.15, -0.1) is 11.3 Å². The Hall–Kier alpha value is -0.900. The van der Waals surface area contributed by atoms with E-state index in [1.165, 1.54) is 17.8 Å². The molecule has 1 aliphatic rings. The highest BCUT2D eigenvalue weighted by atomic mass is 32.1. The number of aromatic nitrogens is 1. The van der Waals surface area contributed by atoms with Crippen LogP contribution in [0, 0.1) is 11.8 Å². The third kappa shape index (κ3) is 3.06. The molecule has 0 N–H and O–H groups in total. The summed E-state index contributed by atoms with van der Waals surface area (Å²) in [5.74, 6) is 1.60. The van der Waals surface area contributed by atoms with Crippen LogP contribution >= 0.6 is 11.3 Å². The number of amides is 1. The van der Waals surface area contributed by atoms with Crippen molar-refractivity contribution in [3.05, 3.63) is 16.6 Å². The monoisotopic (exact) mass is 252 g/mol. The van der Waals surface area contributed by atoms with Crippen LogP contribution in [-0.2, 0) is 0 Å². The van der Waals surface area contributed by atoms with Gasteiger partial charge >= 0.3 is 0 Å². The summed E-state index contributed by atoms with van der Waals surface area (Å²) in [6, 6.07) is 0. The van der Waals surface area contributed by atoms with E-state index >= 15 is 0 Å². The third-order valence-corrected chi connectivity index (χ3v) is 4.24. The first kappa shape index (κ1) is 12.6. The molecule has 2 rings (SSSR count). The van der Waals surface area contributed by atoms with Crippen LogP contribution < -0.4 is 0 Å². The predicted octanol–water partition coefficient (Wildman–Crippen LogP) is 3.04. The van der Waals surface area contributed by atoms with Crippen molar-refractivity contribution in [3.8, 4) is 0 Å². The topological polar surface area (TPSA) is 33.2 Å². The van der Waals surface area contributed by atoms with Gasteiger partial charge in [0.1, 0.15) is 5.69 Å². The van der Waals surface area contributed by atoms with Gasteiger partial charge in [0.05, 0.1) is 5.51 Å². The molecule has 0 bridgehead atoms. The molecule has 1 fully saturated rings. The molecule has 0 radical (unpaired) electrons. The van der Waals surface area contributed by atoms with E-state index < -0.39 is 0 Å². The Bertz CT molecular complexity index is 362. The molecule has 1 saturated heterocycles. The first-order valence-electron chi connectivity index (χ1n) is 6.36. The van der Waals surface area contributed by atoms with Crippen LogP contribution in [0.15, 0.2) is 10.9 Å². The zero-order valence-electron chi connectivity index (χ0n) is 10.6. The molecule has 3 nitrogen and oxygen atoms in total. The summed E-state index contributed by atoms with van der Waals surface area (Å²) in [4.78, 5) is 18.2. The summed E-state index contributed by atoms with van der Waals surface area (Å²) < 4.78 is 0. The van der Waals surface area contributed by atoms with Gasteiger partial charge in [-0.2, -0.15) is 0 Å². The van der Waals surface area contributed by atoms with Crippen molar-refractivity contribution in [1.82, 2.24) is 9.88 Å². The molecule has 17 heavy (non-hydrogen) atoms. The van der Waals surface area contributed by atoms with E-state index in [4.69, 9.17) is 0 Å². The largest absolute Gasteiger partial charge is 0.337 e. The highest BCUT2D eigenvalue weighted by Crippen LogP contribution is 2.25. The van der Waals surface area contributed by atoms with Crippen LogP contribution in [0.3, 0.4) is 0 Å². The number of hydrogen-bond acceptors (Lipinski definition) is 3. The van der Waals surface area contributed by atoms with Crippen LogP contribution in [0.1, 0.15) is 43.6 Å². The van der Waals surface area contributed by atoms with Crippen molar-refractivity contribution in [2.45, 2.75) is 33.1 Å². The Morgan fingerprint density at radius 1 is 1.47 bits per heavy atom. The van der Waals surface area contributed by atoms with Crippen LogP contribution in [0.4, 0.5) is 0 Å². The Balaban J connectivity index is 1.97. The second-order valence-corrected chi connectivity index (χ2v) is 5.82. The number of likely N-dealkylation sites (tertiary alicyclic amines) is 1. The van der Waals surface area contributed by atoms with Gasteiger partial charge in [0.15, 0.2) is 0 Å². The molecule has 1 amide bonds. The molecule has 94 valence electrons. The average Bonchev–Trinajstić information content (AvgIpc) is 2.71. The highest BCUT2D eigenvalue weighted by molar-refractivity contribution is 7.07. The lowest BCUT2D eigenvalue weighted by molar-refractivity contribution is 0.0754. The van der Waals surface area contributed by atoms with E-state index in [0.717, 1.165) is 37.8 Å². The zero-order valence-corrected chi connectivity index (χ0v) is 11.4. The number of rotatable bonds is 2. The molecule has 0 aliphatic carbocycles. The number of hydrogen-bond donors (Lipinski definition) is 0. The van der Waals surface area contributed by atoms with Gasteiger partial charge in [-0.1, -0.05) is 13.8 Å². The minimum atomic E-state index is 0.107. The fraction of sp³-hybridized carbons (Fsp3) is 0.692. The summed E-state index contributed by atoms with van der Waals surface area (Å²) >= 11 is 1.48. The van der Waals surface area contributed by atoms with Crippen molar-refractivity contribution >= 4 is 17.2 Å². The Morgan fingerprint density at radius 2 is 2.29 bits per heavy atom. The Labute approximate surface area is 107 Å². The van der Waals surface area contributed by atoms with Crippen molar-refractivity contribution < 1.29 is 4.79 Å². The van der Waals surface area contributed by atoms with Gasteiger partial charge < -0.3 is 4.90 Å². The maximum Gasteiger partial charge on any atom is 0.273 e. The lowest BCUT2D eigenvalue weighted by Gasteiger charge is -2.20. The number of carbonyl (C=O) groups is 1. The van der Waals surface area contributed by atoms with Crippen LogP contribution in [0.2, 0.25) is 0 Å². The molecule has 2 heterocycles. The molecule has 4 heteroatoms. The molecular weight excluding hydrogens is 232 g/mol. The molecule has 0 unspecified atom stereocenters. The van der Waals surface area contributed by atoms with E-state index in [1.54, 1.807) is 5.51 Å². The number of nitrogens with zero attached hydrogens (tertiary/aromatic N) is 2. The van der Waals surface area contributed by atoms with Crippen LogP contribution in [0.5, 0.6) is 0 Å². The lowest BCUT2D eigenvalue weighted by Crippen LogP contribution is -2.32. The normalized spacial score (nSPS) is 21.6. The highest BCUT2D eigenvalue weighted by Gasteiger charge is 2.23. The smallest absolute Gasteiger partial charge is 0.273 e. The first-order chi connectivity index (χ1) is 8.18. The number of carbonyl (C=O) groups excluding carboxylic acids is 1. The fourth-order valence-electron chi connectivity index (χ4n) is 2.47. The first-order valence-corrected chi connectivity index (χ1v) is 7.30. The van der Waals surface area contributed by atoms with Crippen LogP contribution in [0.25, 0.3) is 0 Å². The maximum atomic E-state index is 12.2. The quantitative estimate of drug-likeness (QED) is 0.810. The zero-order chi connectivity index (χ0) is 12.3. The van der Waals surface area contributed by atoms with E-state index in [0.29, 0.717) is 5.69 Å². The molecule has 1 aliphatic heterocycles. The summed E-state index contributed by atoms with van der Waals surface area (Å²) in [5.41, 5.74) is 2.33. The average molecular weight is 252 g/mol. The van der Waals surface area contributed by atoms with E-state index in [-0.39, 0.29) is 5.91 Å². The van der Waals surface area contributed by atoms with Crippen molar-refractivity contribution in [1.29, 1.82) is 0 Å². The number of thiazole rings is 1. The molecule has 1 atom stereocenters. The van der Waals surface area contributed by atoms with E-state index in [9.17, 15) is 4.79 Å². The SMILES string of the molecule is CC(C)[C@H]1CCCN(C(=O)c2cscn2)CC1. The van der Waals surface area contributed by atoms with Gasteiger partial charge in [-0.05, 0) is 31.1 Å². The van der Waals surface area contributed by atoms with Crippen LogP contribution in [-0.4, -0.2) is 28.9 Å². The second-order valence-electron chi connectivity index (χ2n) is 5.10. The standard InChI is InChI=1S/C13H20N2OS/c1-10(2)11-4-3-6-15(7-5-11)13(16)12-8-17-9-14-12/h8-11H,3-7H2,1-2H3/t11-/m0/s1. The second kappa shape index (κ2) is 5.63. The van der Waals surface area contributed by atoms with Gasteiger partial charge in [0, 0.05) is 18.5 Å². The summed E-state index contributed by atoms with van der Waals surface area (Å²) in [5, 5.41) is 1.84. The van der Waals surface area contributed by atoms with Gasteiger partial charge in [0.2, 0.25) is 0 Å². The van der Waals surface area contributed by atoms with Crippen molar-refractivity contribution in [3.63, 3.8) is 0 Å². The summed E-state index contributed by atoms with van der Waals surface area (Å²) in [6.07, 6.45) is 3.50. The molecule has 0 spiro atoms. The lowest BCUT2D eigenvalue weighted by atomic mass is 9.89. The minimum Gasteiger partial charge on any atom is -0.337 e. The maximum absolute atomic E-state index is 12.2. The summed E-state index contributed by atoms with van der Waals surface area (Å²) in [7, 11) is 0. The minimum absolute atomic E-state index is 0.107. The van der Waals surface area contributed by atoms with E-state index in [2.05, 4.69) is 18.8 Å². The fourth-order valence-corrected chi connectivity index (χ4v) is 3.00. The van der Waals surface area contributed by atoms with Crippen molar-refractivity contribution in [2.24, 2.45) is 11.8 Å². The van der Waals surface area contributed by atoms with E-state index in [1.807, 2.05) is 10.3 Å². The van der Waals surface area contributed by atoms with Gasteiger partial charge in [0.25, 0.3) is 5.91 Å². The third-order valence-electron chi connectivity index (χ3n) is 3.65.